The summed E-state index contributed by atoms with van der Waals surface area (Å²) in [5.41, 5.74) is 4.15. The van der Waals surface area contributed by atoms with Crippen LogP contribution in [-0.2, 0) is 10.0 Å². The number of nitrogens with zero attached hydrogens (tertiary/aromatic N) is 2. The molecule has 27 heavy (non-hydrogen) atoms. The Morgan fingerprint density at radius 3 is 2.56 bits per heavy atom. The summed E-state index contributed by atoms with van der Waals surface area (Å²) >= 11 is 0. The third kappa shape index (κ3) is 3.14. The highest BCUT2D eigenvalue weighted by atomic mass is 32.2. The van der Waals surface area contributed by atoms with Crippen molar-refractivity contribution in [3.05, 3.63) is 46.5 Å². The summed E-state index contributed by atoms with van der Waals surface area (Å²) < 4.78 is 34.6. The van der Waals surface area contributed by atoms with E-state index in [1.807, 2.05) is 26.0 Å². The van der Waals surface area contributed by atoms with E-state index in [9.17, 15) is 8.42 Å². The highest BCUT2D eigenvalue weighted by Crippen LogP contribution is 2.40. The molecule has 4 rings (SSSR count). The molecule has 0 bridgehead atoms. The Morgan fingerprint density at radius 1 is 1.11 bits per heavy atom. The van der Waals surface area contributed by atoms with E-state index >= 15 is 0 Å². The molecule has 0 saturated heterocycles. The molecule has 8 heteroatoms. The van der Waals surface area contributed by atoms with Crippen molar-refractivity contribution < 1.29 is 12.8 Å². The second kappa shape index (κ2) is 6.23. The molecular formula is C19H22N4O3S. The average Bonchev–Trinajstić information content (AvgIpc) is 3.25. The molecule has 0 amide bonds. The van der Waals surface area contributed by atoms with Crippen LogP contribution in [0.1, 0.15) is 47.0 Å². The predicted molar refractivity (Wildman–Crippen MR) is 102 cm³/mol. The van der Waals surface area contributed by atoms with Crippen LogP contribution in [0.25, 0.3) is 11.6 Å². The zero-order valence-corrected chi connectivity index (χ0v) is 16.6. The third-order valence-electron chi connectivity index (χ3n) is 5.07. The second-order valence-electron chi connectivity index (χ2n) is 7.15. The Kier molecular flexibility index (Phi) is 4.10. The molecule has 0 radical (unpaired) electrons. The fourth-order valence-electron chi connectivity index (χ4n) is 3.24. The molecule has 2 N–H and O–H groups in total. The molecular weight excluding hydrogens is 364 g/mol. The van der Waals surface area contributed by atoms with Gasteiger partial charge in [0.2, 0.25) is 5.89 Å². The lowest BCUT2D eigenvalue weighted by atomic mass is 10.1. The molecule has 3 aromatic rings. The molecule has 0 spiro atoms. The van der Waals surface area contributed by atoms with Crippen LogP contribution < -0.4 is 4.72 Å². The van der Waals surface area contributed by atoms with Gasteiger partial charge in [0.25, 0.3) is 15.9 Å². The van der Waals surface area contributed by atoms with Crippen molar-refractivity contribution in [1.29, 1.82) is 0 Å². The first-order valence-corrected chi connectivity index (χ1v) is 10.4. The van der Waals surface area contributed by atoms with Gasteiger partial charge >= 0.3 is 0 Å². The monoisotopic (exact) mass is 386 g/mol. The minimum Gasteiger partial charge on any atom is -0.419 e. The smallest absolute Gasteiger partial charge is 0.264 e. The van der Waals surface area contributed by atoms with Gasteiger partial charge in [-0.2, -0.15) is 0 Å². The van der Waals surface area contributed by atoms with Gasteiger partial charge in [0.1, 0.15) is 10.6 Å². The van der Waals surface area contributed by atoms with Gasteiger partial charge in [0.15, 0.2) is 0 Å². The zero-order chi connectivity index (χ0) is 19.3. The van der Waals surface area contributed by atoms with E-state index in [0.717, 1.165) is 24.0 Å². The molecule has 2 aromatic heterocycles. The van der Waals surface area contributed by atoms with Gasteiger partial charge in [0.05, 0.1) is 5.69 Å². The Balaban J connectivity index is 1.72. The Morgan fingerprint density at radius 2 is 1.85 bits per heavy atom. The zero-order valence-electron chi connectivity index (χ0n) is 15.8. The Labute approximate surface area is 158 Å². The molecule has 1 aliphatic carbocycles. The van der Waals surface area contributed by atoms with E-state index in [2.05, 4.69) is 19.9 Å². The molecule has 1 saturated carbocycles. The minimum atomic E-state index is -3.77. The maximum Gasteiger partial charge on any atom is 0.264 e. The van der Waals surface area contributed by atoms with Crippen molar-refractivity contribution in [1.82, 2.24) is 15.2 Å². The quantitative estimate of drug-likeness (QED) is 0.691. The number of hydrogen-bond acceptors (Lipinski definition) is 5. The summed E-state index contributed by atoms with van der Waals surface area (Å²) in [7, 11) is -3.77. The van der Waals surface area contributed by atoms with Gasteiger partial charge in [-0.05, 0) is 57.7 Å². The van der Waals surface area contributed by atoms with Crippen LogP contribution in [0.3, 0.4) is 0 Å². The highest BCUT2D eigenvalue weighted by Gasteiger charge is 2.31. The van der Waals surface area contributed by atoms with E-state index in [1.54, 1.807) is 19.9 Å². The summed E-state index contributed by atoms with van der Waals surface area (Å²) in [4.78, 5) is 3.32. The summed E-state index contributed by atoms with van der Waals surface area (Å²) in [5.74, 6) is 1.29. The first-order valence-electron chi connectivity index (χ1n) is 8.90. The Hall–Kier alpha value is -2.61. The van der Waals surface area contributed by atoms with Crippen LogP contribution >= 0.6 is 0 Å². The lowest BCUT2D eigenvalue weighted by Gasteiger charge is -2.12. The number of aromatic nitrogens is 3. The van der Waals surface area contributed by atoms with Gasteiger partial charge in [-0.15, -0.1) is 10.2 Å². The number of hydrogen-bond donors (Lipinski definition) is 2. The lowest BCUT2D eigenvalue weighted by molar-refractivity contribution is 0.507. The third-order valence-corrected chi connectivity index (χ3v) is 6.71. The van der Waals surface area contributed by atoms with Crippen molar-refractivity contribution in [3.63, 3.8) is 0 Å². The van der Waals surface area contributed by atoms with Crippen LogP contribution in [0.4, 0.5) is 5.69 Å². The van der Waals surface area contributed by atoms with Crippen molar-refractivity contribution in [2.45, 2.75) is 51.3 Å². The lowest BCUT2D eigenvalue weighted by Crippen LogP contribution is -2.15. The molecule has 1 fully saturated rings. The number of H-pyrrole nitrogens is 1. The van der Waals surface area contributed by atoms with E-state index in [0.29, 0.717) is 40.3 Å². The highest BCUT2D eigenvalue weighted by molar-refractivity contribution is 7.92. The van der Waals surface area contributed by atoms with Crippen molar-refractivity contribution >= 4 is 15.7 Å². The number of aryl methyl sites for hydroxylation is 2. The predicted octanol–water partition coefficient (Wildman–Crippen LogP) is 3.98. The van der Waals surface area contributed by atoms with Gasteiger partial charge < -0.3 is 9.40 Å². The summed E-state index contributed by atoms with van der Waals surface area (Å²) in [6.07, 6.45) is 2.12. The normalized spacial score (nSPS) is 14.5. The SMILES string of the molecule is Cc1cccc(NS(=O)(=O)c2c(C)[nH]c(-c3nnc(C4CC4)o3)c2C)c1C. The van der Waals surface area contributed by atoms with Gasteiger partial charge in [0, 0.05) is 17.2 Å². The fraction of sp³-hybridized carbons (Fsp3) is 0.368. The molecule has 1 aromatic carbocycles. The Bertz CT molecular complexity index is 1120. The maximum atomic E-state index is 13.1. The van der Waals surface area contributed by atoms with Crippen LogP contribution in [0.2, 0.25) is 0 Å². The van der Waals surface area contributed by atoms with Crippen LogP contribution in [-0.4, -0.2) is 23.6 Å². The number of rotatable bonds is 5. The fourth-order valence-corrected chi connectivity index (χ4v) is 4.81. The summed E-state index contributed by atoms with van der Waals surface area (Å²) in [5, 5.41) is 8.18. The van der Waals surface area contributed by atoms with Crippen molar-refractivity contribution in [2.24, 2.45) is 0 Å². The summed E-state index contributed by atoms with van der Waals surface area (Å²) in [6, 6.07) is 5.55. The molecule has 1 aliphatic rings. The molecule has 7 nitrogen and oxygen atoms in total. The van der Waals surface area contributed by atoms with Crippen LogP contribution in [0.5, 0.6) is 0 Å². The standard InChI is InChI=1S/C19H22N4O3S/c1-10-6-5-7-15(11(10)2)23-27(24,25)17-12(3)16(20-13(17)4)19-22-21-18(26-19)14-8-9-14/h5-7,14,20,23H,8-9H2,1-4H3. The molecule has 0 unspecified atom stereocenters. The molecule has 142 valence electrons. The van der Waals surface area contributed by atoms with Gasteiger partial charge in [-0.1, -0.05) is 12.1 Å². The number of benzene rings is 1. The average molecular weight is 386 g/mol. The maximum absolute atomic E-state index is 13.1. The summed E-state index contributed by atoms with van der Waals surface area (Å²) in [6.45, 7) is 7.32. The van der Waals surface area contributed by atoms with Crippen LogP contribution in [0, 0.1) is 27.7 Å². The minimum absolute atomic E-state index is 0.213. The second-order valence-corrected chi connectivity index (χ2v) is 8.77. The number of aromatic amines is 1. The van der Waals surface area contributed by atoms with E-state index in [-0.39, 0.29) is 4.90 Å². The van der Waals surface area contributed by atoms with E-state index < -0.39 is 10.0 Å². The van der Waals surface area contributed by atoms with Gasteiger partial charge in [-0.3, -0.25) is 4.72 Å². The molecule has 2 heterocycles. The number of nitrogens with one attached hydrogen (secondary N) is 2. The van der Waals surface area contributed by atoms with Gasteiger partial charge in [-0.25, -0.2) is 8.42 Å². The van der Waals surface area contributed by atoms with Crippen LogP contribution in [0.15, 0.2) is 27.5 Å². The van der Waals surface area contributed by atoms with E-state index in [4.69, 9.17) is 4.42 Å². The number of sulfonamides is 1. The van der Waals surface area contributed by atoms with E-state index in [1.165, 1.54) is 0 Å². The topological polar surface area (TPSA) is 101 Å². The largest absolute Gasteiger partial charge is 0.419 e. The first kappa shape index (κ1) is 17.8. The van der Waals surface area contributed by atoms with Crippen molar-refractivity contribution in [2.75, 3.05) is 4.72 Å². The molecule has 0 aliphatic heterocycles. The first-order chi connectivity index (χ1) is 12.8. The molecule has 0 atom stereocenters. The van der Waals surface area contributed by atoms with Crippen molar-refractivity contribution in [3.8, 4) is 11.6 Å². The number of anilines is 1.